The lowest BCUT2D eigenvalue weighted by atomic mass is 9.90. The Labute approximate surface area is 161 Å². The zero-order valence-electron chi connectivity index (χ0n) is 16.5. The van der Waals surface area contributed by atoms with Gasteiger partial charge in [-0.15, -0.1) is 0 Å². The molecule has 130 valence electrons. The van der Waals surface area contributed by atoms with E-state index in [4.69, 9.17) is 4.74 Å². The van der Waals surface area contributed by atoms with Crippen molar-refractivity contribution in [3.05, 3.63) is 59.2 Å². The first-order valence-corrected chi connectivity index (χ1v) is 9.61. The van der Waals surface area contributed by atoms with Gasteiger partial charge in [0.1, 0.15) is 12.4 Å². The molecule has 0 saturated heterocycles. The van der Waals surface area contributed by atoms with Crippen molar-refractivity contribution in [2.75, 3.05) is 0 Å². The van der Waals surface area contributed by atoms with Crippen LogP contribution < -0.4 is 4.74 Å². The molecule has 0 aliphatic carbocycles. The van der Waals surface area contributed by atoms with Crippen LogP contribution in [0.3, 0.4) is 0 Å². The summed E-state index contributed by atoms with van der Waals surface area (Å²) in [5.74, 6) is 1.05. The van der Waals surface area contributed by atoms with Crippen molar-refractivity contribution in [1.29, 1.82) is 0 Å². The molecule has 2 aromatic rings. The Morgan fingerprint density at radius 3 is 1.46 bits per heavy atom. The molecule has 0 aromatic heterocycles. The van der Waals surface area contributed by atoms with Crippen LogP contribution in [0.1, 0.15) is 55.6 Å². The summed E-state index contributed by atoms with van der Waals surface area (Å²) in [5, 5.41) is 0. The van der Waals surface area contributed by atoms with E-state index in [1.54, 1.807) is 0 Å². The van der Waals surface area contributed by atoms with Gasteiger partial charge in [-0.05, 0) is 135 Å². The molecule has 0 aliphatic rings. The Bertz CT molecular complexity index is 688. The van der Waals surface area contributed by atoms with Crippen molar-refractivity contribution in [3.63, 3.8) is 0 Å². The zero-order valence-corrected chi connectivity index (χ0v) is 18.7. The summed E-state index contributed by atoms with van der Waals surface area (Å²) in [6.07, 6.45) is 0. The van der Waals surface area contributed by atoms with Crippen LogP contribution in [0.15, 0.2) is 0 Å². The SMILES string of the molecule is Cc1c(C)c(C)c(COc2c(C)c(C)c(C)c(I)c2C)c(C)c1C. The van der Waals surface area contributed by atoms with Gasteiger partial charge in [-0.2, -0.15) is 0 Å². The van der Waals surface area contributed by atoms with E-state index in [-0.39, 0.29) is 0 Å². The average Bonchev–Trinajstić information content (AvgIpc) is 2.57. The molecule has 0 bridgehead atoms. The smallest absolute Gasteiger partial charge is 0.126 e. The molecule has 1 nitrogen and oxygen atoms in total. The molecular formula is C22H29IO. The van der Waals surface area contributed by atoms with Gasteiger partial charge in [0.15, 0.2) is 0 Å². The molecule has 0 atom stereocenters. The number of hydrogen-bond donors (Lipinski definition) is 0. The Balaban J connectivity index is 2.48. The predicted molar refractivity (Wildman–Crippen MR) is 113 cm³/mol. The maximum Gasteiger partial charge on any atom is 0.126 e. The molecule has 2 aromatic carbocycles. The van der Waals surface area contributed by atoms with Gasteiger partial charge >= 0.3 is 0 Å². The Morgan fingerprint density at radius 1 is 0.542 bits per heavy atom. The second-order valence-electron chi connectivity index (χ2n) is 7.04. The van der Waals surface area contributed by atoms with Gasteiger partial charge < -0.3 is 4.74 Å². The normalized spacial score (nSPS) is 11.1. The summed E-state index contributed by atoms with van der Waals surface area (Å²) < 4.78 is 7.69. The lowest BCUT2D eigenvalue weighted by molar-refractivity contribution is 0.299. The van der Waals surface area contributed by atoms with Crippen LogP contribution in [0.25, 0.3) is 0 Å². The average molecular weight is 436 g/mol. The Morgan fingerprint density at radius 2 is 0.958 bits per heavy atom. The molecule has 0 aliphatic heterocycles. The topological polar surface area (TPSA) is 9.23 Å². The third kappa shape index (κ3) is 3.10. The molecule has 0 radical (unpaired) electrons. The second kappa shape index (κ2) is 7.07. The summed E-state index contributed by atoms with van der Waals surface area (Å²) in [4.78, 5) is 0. The van der Waals surface area contributed by atoms with Crippen LogP contribution in [-0.2, 0) is 6.61 Å². The van der Waals surface area contributed by atoms with E-state index in [1.165, 1.54) is 59.2 Å². The lowest BCUT2D eigenvalue weighted by Crippen LogP contribution is -2.09. The maximum absolute atomic E-state index is 6.38. The third-order valence-electron chi connectivity index (χ3n) is 5.98. The number of hydrogen-bond acceptors (Lipinski definition) is 1. The summed E-state index contributed by atoms with van der Waals surface area (Å²) in [6, 6.07) is 0. The molecule has 0 amide bonds. The monoisotopic (exact) mass is 436 g/mol. The third-order valence-corrected chi connectivity index (χ3v) is 7.60. The molecule has 0 heterocycles. The minimum absolute atomic E-state index is 0.639. The Kier molecular flexibility index (Phi) is 5.68. The van der Waals surface area contributed by atoms with E-state index in [2.05, 4.69) is 84.9 Å². The largest absolute Gasteiger partial charge is 0.488 e. The first-order chi connectivity index (χ1) is 11.1. The molecule has 2 heteroatoms. The predicted octanol–water partition coefficient (Wildman–Crippen LogP) is 6.65. The van der Waals surface area contributed by atoms with Gasteiger partial charge in [0.25, 0.3) is 0 Å². The van der Waals surface area contributed by atoms with Crippen molar-refractivity contribution in [1.82, 2.24) is 0 Å². The number of benzene rings is 2. The van der Waals surface area contributed by atoms with E-state index >= 15 is 0 Å². The van der Waals surface area contributed by atoms with Crippen LogP contribution in [-0.4, -0.2) is 0 Å². The fraction of sp³-hybridized carbons (Fsp3) is 0.455. The highest BCUT2D eigenvalue weighted by Gasteiger charge is 2.17. The molecule has 0 unspecified atom stereocenters. The Hall–Kier alpha value is -1.03. The van der Waals surface area contributed by atoms with Crippen molar-refractivity contribution in [2.45, 2.75) is 68.9 Å². The van der Waals surface area contributed by atoms with Crippen LogP contribution >= 0.6 is 22.6 Å². The first-order valence-electron chi connectivity index (χ1n) is 8.54. The standard InChI is InChI=1S/C22H29IO/c1-11-12(2)15(5)20(16(6)13(11)3)10-24-22-18(8)14(4)17(7)21(23)19(22)9/h10H2,1-9H3. The van der Waals surface area contributed by atoms with Gasteiger partial charge in [0.05, 0.1) is 0 Å². The number of rotatable bonds is 3. The van der Waals surface area contributed by atoms with Crippen LogP contribution in [0.4, 0.5) is 0 Å². The van der Waals surface area contributed by atoms with Gasteiger partial charge in [0, 0.05) is 9.13 Å². The quantitative estimate of drug-likeness (QED) is 0.490. The summed E-state index contributed by atoms with van der Waals surface area (Å²) in [5.41, 5.74) is 13.5. The number of ether oxygens (including phenoxy) is 1. The molecule has 24 heavy (non-hydrogen) atoms. The molecule has 0 fully saturated rings. The van der Waals surface area contributed by atoms with Crippen molar-refractivity contribution in [3.8, 4) is 5.75 Å². The molecular weight excluding hydrogens is 407 g/mol. The summed E-state index contributed by atoms with van der Waals surface area (Å²) in [7, 11) is 0. The van der Waals surface area contributed by atoms with Crippen molar-refractivity contribution < 1.29 is 4.74 Å². The highest BCUT2D eigenvalue weighted by atomic mass is 127. The highest BCUT2D eigenvalue weighted by Crippen LogP contribution is 2.35. The van der Waals surface area contributed by atoms with Crippen LogP contribution in [0.2, 0.25) is 0 Å². The summed E-state index contributed by atoms with van der Waals surface area (Å²) in [6.45, 7) is 20.5. The van der Waals surface area contributed by atoms with E-state index in [9.17, 15) is 0 Å². The van der Waals surface area contributed by atoms with E-state index < -0.39 is 0 Å². The fourth-order valence-corrected chi connectivity index (χ4v) is 4.08. The zero-order chi connectivity index (χ0) is 18.3. The molecule has 0 saturated carbocycles. The van der Waals surface area contributed by atoms with E-state index in [0.29, 0.717) is 6.61 Å². The molecule has 0 N–H and O–H groups in total. The molecule has 2 rings (SSSR count). The van der Waals surface area contributed by atoms with Gasteiger partial charge in [0.2, 0.25) is 0 Å². The van der Waals surface area contributed by atoms with Crippen molar-refractivity contribution >= 4 is 22.6 Å². The van der Waals surface area contributed by atoms with Crippen LogP contribution in [0, 0.1) is 65.9 Å². The maximum atomic E-state index is 6.38. The number of halogens is 1. The van der Waals surface area contributed by atoms with Gasteiger partial charge in [-0.25, -0.2) is 0 Å². The first kappa shape index (κ1) is 19.3. The van der Waals surface area contributed by atoms with E-state index in [1.807, 2.05) is 0 Å². The highest BCUT2D eigenvalue weighted by molar-refractivity contribution is 14.1. The lowest BCUT2D eigenvalue weighted by Gasteiger charge is -2.22. The van der Waals surface area contributed by atoms with E-state index in [0.717, 1.165) is 5.75 Å². The minimum atomic E-state index is 0.639. The van der Waals surface area contributed by atoms with Crippen LogP contribution in [0.5, 0.6) is 5.75 Å². The summed E-state index contributed by atoms with van der Waals surface area (Å²) >= 11 is 2.44. The minimum Gasteiger partial charge on any atom is -0.488 e. The molecule has 0 spiro atoms. The van der Waals surface area contributed by atoms with Crippen molar-refractivity contribution in [2.24, 2.45) is 0 Å². The van der Waals surface area contributed by atoms with Gasteiger partial charge in [-0.3, -0.25) is 0 Å². The fourth-order valence-electron chi connectivity index (χ4n) is 3.43. The van der Waals surface area contributed by atoms with Gasteiger partial charge in [-0.1, -0.05) is 0 Å². The second-order valence-corrected chi connectivity index (χ2v) is 8.11.